The normalized spacial score (nSPS) is 16.6. The van der Waals surface area contributed by atoms with Crippen molar-refractivity contribution < 1.29 is 22.6 Å². The highest BCUT2D eigenvalue weighted by Crippen LogP contribution is 2.51. The quantitative estimate of drug-likeness (QED) is 0.534. The lowest BCUT2D eigenvalue weighted by Gasteiger charge is -2.19. The Balaban J connectivity index is 4.31. The molecule has 0 saturated heterocycles. The summed E-state index contributed by atoms with van der Waals surface area (Å²) in [7, 11) is -3.38. The summed E-state index contributed by atoms with van der Waals surface area (Å²) in [5.74, 6) is 0. The molecule has 0 radical (unpaired) electrons. The number of rotatable bonds is 7. The molecular weight excluding hydrogens is 281 g/mol. The van der Waals surface area contributed by atoms with Crippen LogP contribution in [0.5, 0.6) is 0 Å². The smallest absolute Gasteiger partial charge is 0.310 e. The first kappa shape index (κ1) is 14.5. The highest BCUT2D eigenvalue weighted by molar-refractivity contribution is 9.10. The summed E-state index contributed by atoms with van der Waals surface area (Å²) in [4.78, 5) is -3.17. The Labute approximate surface area is 90.7 Å². The lowest BCUT2D eigenvalue weighted by Crippen LogP contribution is -2.16. The molecule has 1 unspecified atom stereocenters. The summed E-state index contributed by atoms with van der Waals surface area (Å²) in [6, 6.07) is 0. The van der Waals surface area contributed by atoms with E-state index >= 15 is 0 Å². The van der Waals surface area contributed by atoms with E-state index in [-0.39, 0.29) is 13.0 Å². The second-order valence-electron chi connectivity index (χ2n) is 2.63. The van der Waals surface area contributed by atoms with E-state index in [1.54, 1.807) is 13.8 Å². The Morgan fingerprint density at radius 2 is 1.93 bits per heavy atom. The number of alkyl halides is 3. The fourth-order valence-corrected chi connectivity index (χ4v) is 3.75. The predicted molar refractivity (Wildman–Crippen MR) is 54.5 cm³/mol. The lowest BCUT2D eigenvalue weighted by molar-refractivity contribution is 0.128. The van der Waals surface area contributed by atoms with Gasteiger partial charge in [-0.15, -0.1) is 0 Å². The van der Waals surface area contributed by atoms with Crippen LogP contribution in [-0.2, 0) is 13.8 Å². The first-order valence-electron chi connectivity index (χ1n) is 4.20. The largest absolute Gasteiger partial charge is 0.372 e. The van der Waals surface area contributed by atoms with Crippen molar-refractivity contribution in [2.24, 2.45) is 0 Å². The Bertz CT molecular complexity index is 208. The van der Waals surface area contributed by atoms with E-state index in [1.807, 2.05) is 0 Å². The topological polar surface area (TPSA) is 35.5 Å². The second kappa shape index (κ2) is 6.16. The van der Waals surface area contributed by atoms with Crippen molar-refractivity contribution in [2.75, 3.05) is 25.7 Å². The first-order valence-corrected chi connectivity index (χ1v) is 6.99. The van der Waals surface area contributed by atoms with Gasteiger partial charge in [-0.1, -0.05) is 0 Å². The SMILES string of the molecule is CCOCP(=O)(CC(F)(F)Br)OCC. The highest BCUT2D eigenvalue weighted by Gasteiger charge is 2.37. The fourth-order valence-electron chi connectivity index (χ4n) is 0.867. The van der Waals surface area contributed by atoms with Crippen LogP contribution in [0.3, 0.4) is 0 Å². The van der Waals surface area contributed by atoms with Gasteiger partial charge in [0.05, 0.1) is 6.61 Å². The zero-order valence-electron chi connectivity index (χ0n) is 8.13. The Morgan fingerprint density at radius 3 is 2.29 bits per heavy atom. The van der Waals surface area contributed by atoms with Crippen LogP contribution in [0.4, 0.5) is 8.78 Å². The van der Waals surface area contributed by atoms with Crippen molar-refractivity contribution >= 4 is 23.3 Å². The maximum absolute atomic E-state index is 12.6. The van der Waals surface area contributed by atoms with Gasteiger partial charge >= 0.3 is 4.83 Å². The Morgan fingerprint density at radius 1 is 1.36 bits per heavy atom. The van der Waals surface area contributed by atoms with Crippen LogP contribution < -0.4 is 0 Å². The number of halogens is 3. The summed E-state index contributed by atoms with van der Waals surface area (Å²) in [6.07, 6.45) is -1.10. The molecule has 0 fully saturated rings. The van der Waals surface area contributed by atoms with Crippen LogP contribution in [0.25, 0.3) is 0 Å². The molecule has 0 heterocycles. The van der Waals surface area contributed by atoms with Gasteiger partial charge in [0.25, 0.3) is 0 Å². The Hall–Kier alpha value is 0.490. The number of hydrogen-bond acceptors (Lipinski definition) is 3. The number of ether oxygens (including phenoxy) is 1. The van der Waals surface area contributed by atoms with Crippen molar-refractivity contribution in [3.8, 4) is 0 Å². The molecule has 0 saturated carbocycles. The maximum atomic E-state index is 12.6. The molecule has 3 nitrogen and oxygen atoms in total. The standard InChI is InChI=1S/C7H14BrF2O3P/c1-3-12-6-14(11,13-4-2)5-7(8,9)10/h3-6H2,1-2H3. The molecule has 7 heteroatoms. The van der Waals surface area contributed by atoms with E-state index in [2.05, 4.69) is 15.9 Å². The van der Waals surface area contributed by atoms with Gasteiger partial charge < -0.3 is 9.26 Å². The van der Waals surface area contributed by atoms with Gasteiger partial charge in [-0.2, -0.15) is 8.78 Å². The van der Waals surface area contributed by atoms with Gasteiger partial charge in [-0.05, 0) is 29.8 Å². The van der Waals surface area contributed by atoms with Crippen LogP contribution in [0.15, 0.2) is 0 Å². The van der Waals surface area contributed by atoms with Gasteiger partial charge in [0, 0.05) is 6.61 Å². The third-order valence-corrected chi connectivity index (χ3v) is 4.17. The van der Waals surface area contributed by atoms with E-state index in [0.29, 0.717) is 6.61 Å². The average molecular weight is 295 g/mol. The molecule has 1 atom stereocenters. The molecule has 14 heavy (non-hydrogen) atoms. The molecule has 0 aliphatic rings. The van der Waals surface area contributed by atoms with Crippen LogP contribution in [0.1, 0.15) is 13.8 Å². The summed E-state index contributed by atoms with van der Waals surface area (Å²) >= 11 is 2.14. The van der Waals surface area contributed by atoms with Crippen LogP contribution in [-0.4, -0.2) is 30.6 Å². The van der Waals surface area contributed by atoms with Crippen molar-refractivity contribution in [3.05, 3.63) is 0 Å². The van der Waals surface area contributed by atoms with E-state index in [4.69, 9.17) is 9.26 Å². The molecule has 86 valence electrons. The third kappa shape index (κ3) is 6.87. The fraction of sp³-hybridized carbons (Fsp3) is 1.00. The molecule has 0 N–H and O–H groups in total. The molecule has 0 aromatic carbocycles. The van der Waals surface area contributed by atoms with Crippen molar-refractivity contribution in [3.63, 3.8) is 0 Å². The third-order valence-electron chi connectivity index (χ3n) is 1.28. The summed E-state index contributed by atoms with van der Waals surface area (Å²) in [6.45, 7) is 3.76. The van der Waals surface area contributed by atoms with Gasteiger partial charge in [0.2, 0.25) is 7.37 Å². The zero-order valence-corrected chi connectivity index (χ0v) is 10.6. The summed E-state index contributed by atoms with van der Waals surface area (Å²) < 4.78 is 46.6. The molecule has 0 spiro atoms. The van der Waals surface area contributed by atoms with Crippen LogP contribution >= 0.6 is 23.3 Å². The zero-order chi connectivity index (χ0) is 11.2. The second-order valence-corrected chi connectivity index (χ2v) is 6.25. The average Bonchev–Trinajstić information content (AvgIpc) is 1.98. The van der Waals surface area contributed by atoms with Crippen molar-refractivity contribution in [1.29, 1.82) is 0 Å². The van der Waals surface area contributed by atoms with E-state index in [9.17, 15) is 13.3 Å². The van der Waals surface area contributed by atoms with Crippen molar-refractivity contribution in [2.45, 2.75) is 18.7 Å². The molecule has 0 bridgehead atoms. The predicted octanol–water partition coefficient (Wildman–Crippen LogP) is 3.28. The van der Waals surface area contributed by atoms with Crippen molar-refractivity contribution in [1.82, 2.24) is 0 Å². The van der Waals surface area contributed by atoms with E-state index < -0.39 is 18.4 Å². The summed E-state index contributed by atoms with van der Waals surface area (Å²) in [5.41, 5.74) is 0. The van der Waals surface area contributed by atoms with Crippen LogP contribution in [0.2, 0.25) is 0 Å². The lowest BCUT2D eigenvalue weighted by atomic mass is 10.8. The van der Waals surface area contributed by atoms with Gasteiger partial charge in [0.1, 0.15) is 12.5 Å². The molecule has 0 aliphatic heterocycles. The van der Waals surface area contributed by atoms with Gasteiger partial charge in [-0.3, -0.25) is 4.57 Å². The number of hydrogen-bond donors (Lipinski definition) is 0. The molecule has 0 rings (SSSR count). The summed E-state index contributed by atoms with van der Waals surface area (Å²) in [5, 5.41) is 0. The highest BCUT2D eigenvalue weighted by atomic mass is 79.9. The van der Waals surface area contributed by atoms with Crippen LogP contribution in [0, 0.1) is 0 Å². The monoisotopic (exact) mass is 294 g/mol. The van der Waals surface area contributed by atoms with Gasteiger partial charge in [-0.25, -0.2) is 0 Å². The van der Waals surface area contributed by atoms with Gasteiger partial charge in [0.15, 0.2) is 0 Å². The molecular formula is C7H14BrF2O3P. The Kier molecular flexibility index (Phi) is 6.37. The minimum Gasteiger partial charge on any atom is -0.372 e. The van der Waals surface area contributed by atoms with E-state index in [1.165, 1.54) is 0 Å². The minimum absolute atomic E-state index is 0.132. The van der Waals surface area contributed by atoms with E-state index in [0.717, 1.165) is 0 Å². The first-order chi connectivity index (χ1) is 6.33. The minimum atomic E-state index is -3.38. The molecule has 0 aromatic heterocycles. The molecule has 0 aromatic rings. The maximum Gasteiger partial charge on any atom is 0.310 e. The molecule has 0 amide bonds. The molecule has 0 aliphatic carbocycles.